The average Bonchev–Trinajstić information content (AvgIpc) is 3.00. The molecule has 3 aromatic rings. The van der Waals surface area contributed by atoms with Crippen molar-refractivity contribution in [3.05, 3.63) is 76.0 Å². The van der Waals surface area contributed by atoms with E-state index in [0.717, 1.165) is 16.5 Å². The molecule has 0 saturated carbocycles. The normalized spacial score (nSPS) is 11.6. The van der Waals surface area contributed by atoms with Crippen LogP contribution < -0.4 is 0 Å². The third-order valence-corrected chi connectivity index (χ3v) is 3.64. The Balaban J connectivity index is 2.09. The molecule has 0 bridgehead atoms. The van der Waals surface area contributed by atoms with Gasteiger partial charge in [-0.3, -0.25) is 14.9 Å². The first-order valence-electron chi connectivity index (χ1n) is 7.09. The Morgan fingerprint density at radius 1 is 1.17 bits per heavy atom. The van der Waals surface area contributed by atoms with Crippen molar-refractivity contribution in [2.45, 2.75) is 6.92 Å². The van der Waals surface area contributed by atoms with Crippen LogP contribution in [0.1, 0.15) is 18.1 Å². The van der Waals surface area contributed by atoms with E-state index in [9.17, 15) is 14.9 Å². The van der Waals surface area contributed by atoms with Crippen LogP contribution in [0.2, 0.25) is 0 Å². The molecule has 5 nitrogen and oxygen atoms in total. The maximum Gasteiger partial charge on any atom is 0.270 e. The van der Waals surface area contributed by atoms with Gasteiger partial charge in [-0.05, 0) is 47.7 Å². The fourth-order valence-corrected chi connectivity index (χ4v) is 2.50. The number of aromatic amines is 1. The number of nitro benzene ring substituents is 1. The van der Waals surface area contributed by atoms with Gasteiger partial charge in [-0.1, -0.05) is 18.2 Å². The molecule has 0 aliphatic heterocycles. The molecule has 0 atom stereocenters. The summed E-state index contributed by atoms with van der Waals surface area (Å²) in [5.74, 6) is -0.0913. The maximum atomic E-state index is 12.0. The lowest BCUT2D eigenvalue weighted by molar-refractivity contribution is -0.384. The van der Waals surface area contributed by atoms with E-state index in [-0.39, 0.29) is 11.5 Å². The Kier molecular flexibility index (Phi) is 3.76. The first-order valence-corrected chi connectivity index (χ1v) is 7.09. The largest absolute Gasteiger partial charge is 0.361 e. The number of nitrogens with one attached hydrogen (secondary N) is 1. The number of hydrogen-bond acceptors (Lipinski definition) is 3. The highest BCUT2D eigenvalue weighted by molar-refractivity contribution is 6.24. The Bertz CT molecular complexity index is 938. The summed E-state index contributed by atoms with van der Waals surface area (Å²) >= 11 is 0. The molecule has 0 aliphatic carbocycles. The van der Waals surface area contributed by atoms with Gasteiger partial charge in [0.15, 0.2) is 5.78 Å². The van der Waals surface area contributed by atoms with Crippen LogP contribution >= 0.6 is 0 Å². The van der Waals surface area contributed by atoms with Gasteiger partial charge >= 0.3 is 0 Å². The highest BCUT2D eigenvalue weighted by Crippen LogP contribution is 2.24. The summed E-state index contributed by atoms with van der Waals surface area (Å²) in [6.45, 7) is 1.49. The smallest absolute Gasteiger partial charge is 0.270 e. The van der Waals surface area contributed by atoms with E-state index >= 15 is 0 Å². The number of benzene rings is 2. The van der Waals surface area contributed by atoms with Crippen molar-refractivity contribution in [1.82, 2.24) is 4.98 Å². The van der Waals surface area contributed by atoms with Gasteiger partial charge in [-0.15, -0.1) is 0 Å². The second-order valence-corrected chi connectivity index (χ2v) is 5.25. The van der Waals surface area contributed by atoms with Gasteiger partial charge in [0.2, 0.25) is 0 Å². The number of fused-ring (bicyclic) bond motifs is 1. The van der Waals surface area contributed by atoms with E-state index in [2.05, 4.69) is 4.98 Å². The van der Waals surface area contributed by atoms with E-state index in [1.807, 2.05) is 30.5 Å². The Labute approximate surface area is 132 Å². The number of rotatable bonds is 4. The maximum absolute atomic E-state index is 12.0. The summed E-state index contributed by atoms with van der Waals surface area (Å²) < 4.78 is 0. The first kappa shape index (κ1) is 14.7. The molecule has 0 fully saturated rings. The molecule has 1 heterocycles. The minimum absolute atomic E-state index is 0.00254. The Morgan fingerprint density at radius 3 is 2.74 bits per heavy atom. The van der Waals surface area contributed by atoms with Crippen LogP contribution in [-0.4, -0.2) is 15.7 Å². The molecule has 114 valence electrons. The average molecular weight is 306 g/mol. The summed E-state index contributed by atoms with van der Waals surface area (Å²) in [6, 6.07) is 13.9. The second kappa shape index (κ2) is 5.88. The van der Waals surface area contributed by atoms with Crippen molar-refractivity contribution >= 4 is 34.0 Å². The van der Waals surface area contributed by atoms with E-state index in [1.165, 1.54) is 19.1 Å². The third-order valence-electron chi connectivity index (χ3n) is 3.64. The topological polar surface area (TPSA) is 76.0 Å². The molecule has 0 saturated heterocycles. The third kappa shape index (κ3) is 3.03. The fraction of sp³-hybridized carbons (Fsp3) is 0.0556. The van der Waals surface area contributed by atoms with Gasteiger partial charge in [0.05, 0.1) is 4.92 Å². The number of non-ortho nitro benzene ring substituents is 1. The van der Waals surface area contributed by atoms with Crippen LogP contribution in [0.5, 0.6) is 0 Å². The summed E-state index contributed by atoms with van der Waals surface area (Å²) in [6.07, 6.45) is 3.52. The van der Waals surface area contributed by atoms with Crippen LogP contribution in [0, 0.1) is 10.1 Å². The van der Waals surface area contributed by atoms with Crippen molar-refractivity contribution in [3.63, 3.8) is 0 Å². The lowest BCUT2D eigenvalue weighted by Crippen LogP contribution is -1.96. The fourth-order valence-electron chi connectivity index (χ4n) is 2.50. The van der Waals surface area contributed by atoms with Gasteiger partial charge in [0.1, 0.15) is 0 Å². The van der Waals surface area contributed by atoms with Crippen LogP contribution in [0.25, 0.3) is 22.6 Å². The molecule has 23 heavy (non-hydrogen) atoms. The minimum atomic E-state index is -0.448. The van der Waals surface area contributed by atoms with Crippen LogP contribution in [-0.2, 0) is 4.79 Å². The minimum Gasteiger partial charge on any atom is -0.361 e. The van der Waals surface area contributed by atoms with E-state index in [4.69, 9.17) is 0 Å². The van der Waals surface area contributed by atoms with Gasteiger partial charge in [-0.2, -0.15) is 0 Å². The predicted molar refractivity (Wildman–Crippen MR) is 89.9 cm³/mol. The number of H-pyrrole nitrogens is 1. The summed E-state index contributed by atoms with van der Waals surface area (Å²) in [5.41, 5.74) is 2.93. The van der Waals surface area contributed by atoms with Crippen LogP contribution in [0.4, 0.5) is 5.69 Å². The van der Waals surface area contributed by atoms with Crippen molar-refractivity contribution in [2.24, 2.45) is 0 Å². The number of carbonyl (C=O) groups excluding carboxylic acids is 1. The number of aromatic nitrogens is 1. The number of hydrogen-bond donors (Lipinski definition) is 1. The zero-order chi connectivity index (χ0) is 16.4. The van der Waals surface area contributed by atoms with Crippen LogP contribution in [0.3, 0.4) is 0 Å². The van der Waals surface area contributed by atoms with Gasteiger partial charge in [0, 0.05) is 29.4 Å². The molecule has 1 N–H and O–H groups in total. The summed E-state index contributed by atoms with van der Waals surface area (Å²) in [4.78, 5) is 25.6. The quantitative estimate of drug-likeness (QED) is 0.339. The van der Waals surface area contributed by atoms with E-state index in [1.54, 1.807) is 18.2 Å². The predicted octanol–water partition coefficient (Wildman–Crippen LogP) is 4.21. The zero-order valence-corrected chi connectivity index (χ0v) is 12.4. The van der Waals surface area contributed by atoms with Gasteiger partial charge < -0.3 is 4.98 Å². The molecule has 2 aromatic carbocycles. The number of nitro groups is 1. The van der Waals surface area contributed by atoms with Crippen molar-refractivity contribution < 1.29 is 9.72 Å². The number of allylic oxidation sites excluding steroid dienone is 1. The summed E-state index contributed by atoms with van der Waals surface area (Å²) in [5, 5.41) is 11.9. The Hall–Kier alpha value is -3.21. The van der Waals surface area contributed by atoms with E-state index in [0.29, 0.717) is 11.1 Å². The van der Waals surface area contributed by atoms with Crippen LogP contribution in [0.15, 0.2) is 54.7 Å². The van der Waals surface area contributed by atoms with E-state index < -0.39 is 4.92 Å². The molecule has 0 unspecified atom stereocenters. The number of nitrogens with zero attached hydrogens (tertiary/aromatic N) is 1. The highest BCUT2D eigenvalue weighted by Gasteiger charge is 2.10. The first-order chi connectivity index (χ1) is 11.0. The molecular weight excluding hydrogens is 292 g/mol. The molecular formula is C18H14N2O3. The Morgan fingerprint density at radius 2 is 2.00 bits per heavy atom. The number of carbonyl (C=O) groups is 1. The SMILES string of the molecule is CC(=O)C(=Cc1cccc([N+](=O)[O-])c1)c1ccc2[nH]ccc2c1. The monoisotopic (exact) mass is 306 g/mol. The van der Waals surface area contributed by atoms with Gasteiger partial charge in [0.25, 0.3) is 5.69 Å². The second-order valence-electron chi connectivity index (χ2n) is 5.25. The molecule has 5 heteroatoms. The summed E-state index contributed by atoms with van der Waals surface area (Å²) in [7, 11) is 0. The number of ketones is 1. The molecule has 0 amide bonds. The number of Topliss-reactive ketones (excluding diaryl/α,β-unsaturated/α-hetero) is 1. The van der Waals surface area contributed by atoms with Crippen molar-refractivity contribution in [3.8, 4) is 0 Å². The highest BCUT2D eigenvalue weighted by atomic mass is 16.6. The molecule has 0 aliphatic rings. The van der Waals surface area contributed by atoms with Crippen molar-refractivity contribution in [1.29, 1.82) is 0 Å². The van der Waals surface area contributed by atoms with Crippen molar-refractivity contribution in [2.75, 3.05) is 0 Å². The zero-order valence-electron chi connectivity index (χ0n) is 12.4. The molecule has 0 spiro atoms. The lowest BCUT2D eigenvalue weighted by Gasteiger charge is -2.05. The van der Waals surface area contributed by atoms with Gasteiger partial charge in [-0.25, -0.2) is 0 Å². The molecule has 3 rings (SSSR count). The standard InChI is InChI=1S/C18H14N2O3/c1-12(21)17(10-13-3-2-4-16(9-13)20(22)23)14-5-6-18-15(11-14)7-8-19-18/h2-11,19H,1H3. The molecule has 0 radical (unpaired) electrons. The molecule has 1 aromatic heterocycles. The lowest BCUT2D eigenvalue weighted by atomic mass is 9.98.